The highest BCUT2D eigenvalue weighted by molar-refractivity contribution is 7.18. The van der Waals surface area contributed by atoms with Crippen LogP contribution in [-0.2, 0) is 9.53 Å². The van der Waals surface area contributed by atoms with Crippen LogP contribution >= 0.6 is 11.3 Å². The summed E-state index contributed by atoms with van der Waals surface area (Å²) >= 11 is 1.30. The summed E-state index contributed by atoms with van der Waals surface area (Å²) in [6.07, 6.45) is 1.50. The average Bonchev–Trinajstić information content (AvgIpc) is 2.84. The van der Waals surface area contributed by atoms with Gasteiger partial charge in [0.2, 0.25) is 5.91 Å². The van der Waals surface area contributed by atoms with Crippen molar-refractivity contribution in [2.45, 2.75) is 12.8 Å². The summed E-state index contributed by atoms with van der Waals surface area (Å²) in [6, 6.07) is 3.48. The number of carbonyl (C=O) groups excluding carboxylic acids is 2. The fourth-order valence-corrected chi connectivity index (χ4v) is 2.53. The fraction of sp³-hybridized carbons (Fsp3) is 0.400. The lowest BCUT2D eigenvalue weighted by Crippen LogP contribution is -2.22. The monoisotopic (exact) mass is 225 g/mol. The van der Waals surface area contributed by atoms with Crippen molar-refractivity contribution in [2.24, 2.45) is 0 Å². The molecule has 0 unspecified atom stereocenters. The molecular formula is C10H11NO3S. The lowest BCUT2D eigenvalue weighted by atomic mass is 10.4. The van der Waals surface area contributed by atoms with E-state index in [2.05, 4.69) is 4.74 Å². The highest BCUT2D eigenvalue weighted by Gasteiger charge is 2.23. The summed E-state index contributed by atoms with van der Waals surface area (Å²) in [6.45, 7) is 0.750. The van der Waals surface area contributed by atoms with Crippen molar-refractivity contribution in [1.82, 2.24) is 0 Å². The van der Waals surface area contributed by atoms with Gasteiger partial charge in [-0.25, -0.2) is 4.79 Å². The number of anilines is 1. The summed E-state index contributed by atoms with van der Waals surface area (Å²) in [4.78, 5) is 24.9. The molecule has 2 heterocycles. The van der Waals surface area contributed by atoms with Crippen molar-refractivity contribution in [3.8, 4) is 0 Å². The van der Waals surface area contributed by atoms with Gasteiger partial charge in [0.15, 0.2) is 0 Å². The summed E-state index contributed by atoms with van der Waals surface area (Å²) in [5.74, 6) is -0.217. The first kappa shape index (κ1) is 10.2. The van der Waals surface area contributed by atoms with Gasteiger partial charge in [-0.3, -0.25) is 4.79 Å². The first-order valence-corrected chi connectivity index (χ1v) is 5.52. The summed E-state index contributed by atoms with van der Waals surface area (Å²) in [7, 11) is 1.35. The number of hydrogen-bond acceptors (Lipinski definition) is 4. The Labute approximate surface area is 91.5 Å². The van der Waals surface area contributed by atoms with Crippen LogP contribution in [0.15, 0.2) is 12.1 Å². The molecule has 1 fully saturated rings. The lowest BCUT2D eigenvalue weighted by molar-refractivity contribution is -0.117. The zero-order valence-electron chi connectivity index (χ0n) is 8.36. The molecule has 2 rings (SSSR count). The number of rotatable bonds is 2. The molecule has 1 aliphatic rings. The largest absolute Gasteiger partial charge is 0.465 e. The molecule has 15 heavy (non-hydrogen) atoms. The van der Waals surface area contributed by atoms with E-state index in [-0.39, 0.29) is 11.9 Å². The quantitative estimate of drug-likeness (QED) is 0.719. The van der Waals surface area contributed by atoms with E-state index in [9.17, 15) is 9.59 Å². The van der Waals surface area contributed by atoms with Gasteiger partial charge in [0.1, 0.15) is 4.88 Å². The second-order valence-corrected chi connectivity index (χ2v) is 4.34. The molecule has 1 aromatic rings. The number of amides is 1. The third-order valence-corrected chi connectivity index (χ3v) is 3.41. The van der Waals surface area contributed by atoms with E-state index < -0.39 is 0 Å². The van der Waals surface area contributed by atoms with Gasteiger partial charge in [-0.2, -0.15) is 0 Å². The zero-order valence-corrected chi connectivity index (χ0v) is 9.17. The van der Waals surface area contributed by atoms with Gasteiger partial charge in [0, 0.05) is 13.0 Å². The van der Waals surface area contributed by atoms with Crippen molar-refractivity contribution in [2.75, 3.05) is 18.6 Å². The fourth-order valence-electron chi connectivity index (χ4n) is 1.56. The molecule has 0 saturated carbocycles. The molecule has 0 bridgehead atoms. The molecule has 80 valence electrons. The Morgan fingerprint density at radius 1 is 1.53 bits per heavy atom. The highest BCUT2D eigenvalue weighted by atomic mass is 32.1. The van der Waals surface area contributed by atoms with Gasteiger partial charge in [-0.05, 0) is 18.6 Å². The smallest absolute Gasteiger partial charge is 0.348 e. The highest BCUT2D eigenvalue weighted by Crippen LogP contribution is 2.29. The minimum absolute atomic E-state index is 0.133. The molecular weight excluding hydrogens is 214 g/mol. The van der Waals surface area contributed by atoms with Crippen LogP contribution in [0.25, 0.3) is 0 Å². The molecule has 1 aliphatic heterocycles. The van der Waals surface area contributed by atoms with Gasteiger partial charge in [-0.15, -0.1) is 11.3 Å². The molecule has 5 heteroatoms. The van der Waals surface area contributed by atoms with E-state index in [0.29, 0.717) is 11.3 Å². The van der Waals surface area contributed by atoms with Crippen LogP contribution in [0, 0.1) is 0 Å². The topological polar surface area (TPSA) is 46.6 Å². The van der Waals surface area contributed by atoms with E-state index in [4.69, 9.17) is 0 Å². The van der Waals surface area contributed by atoms with Gasteiger partial charge in [-0.1, -0.05) is 0 Å². The van der Waals surface area contributed by atoms with Gasteiger partial charge in [0.25, 0.3) is 0 Å². The molecule has 0 atom stereocenters. The predicted octanol–water partition coefficient (Wildman–Crippen LogP) is 1.66. The van der Waals surface area contributed by atoms with E-state index in [0.717, 1.165) is 18.0 Å². The van der Waals surface area contributed by atoms with Crippen LogP contribution in [-0.4, -0.2) is 25.5 Å². The Bertz CT molecular complexity index is 399. The third kappa shape index (κ3) is 1.87. The molecule has 0 aromatic carbocycles. The van der Waals surface area contributed by atoms with Crippen LogP contribution in [0.2, 0.25) is 0 Å². The van der Waals surface area contributed by atoms with Crippen molar-refractivity contribution < 1.29 is 14.3 Å². The van der Waals surface area contributed by atoms with Crippen LogP contribution in [0.1, 0.15) is 22.5 Å². The van der Waals surface area contributed by atoms with E-state index in [1.165, 1.54) is 18.4 Å². The number of nitrogens with zero attached hydrogens (tertiary/aromatic N) is 1. The number of carbonyl (C=O) groups is 2. The van der Waals surface area contributed by atoms with Crippen LogP contribution in [0.5, 0.6) is 0 Å². The van der Waals surface area contributed by atoms with Gasteiger partial charge < -0.3 is 9.64 Å². The standard InChI is InChI=1S/C10H11NO3S/c1-14-10(13)7-4-5-9(15-7)11-6-2-3-8(11)12/h4-5H,2-3,6H2,1H3. The summed E-state index contributed by atoms with van der Waals surface area (Å²) in [5.41, 5.74) is 0. The number of esters is 1. The zero-order chi connectivity index (χ0) is 10.8. The molecule has 0 spiro atoms. The SMILES string of the molecule is COC(=O)c1ccc(N2CCCC2=O)s1. The maximum absolute atomic E-state index is 11.4. The maximum Gasteiger partial charge on any atom is 0.348 e. The lowest BCUT2D eigenvalue weighted by Gasteiger charge is -2.11. The van der Waals surface area contributed by atoms with Crippen molar-refractivity contribution in [3.63, 3.8) is 0 Å². The first-order chi connectivity index (χ1) is 7.22. The van der Waals surface area contributed by atoms with Crippen LogP contribution < -0.4 is 4.90 Å². The van der Waals surface area contributed by atoms with E-state index >= 15 is 0 Å². The summed E-state index contributed by atoms with van der Waals surface area (Å²) in [5, 5.41) is 0.831. The van der Waals surface area contributed by atoms with Crippen molar-refractivity contribution in [3.05, 3.63) is 17.0 Å². The van der Waals surface area contributed by atoms with Crippen LogP contribution in [0.4, 0.5) is 5.00 Å². The van der Waals surface area contributed by atoms with E-state index in [1.54, 1.807) is 17.0 Å². The molecule has 0 N–H and O–H groups in total. The second-order valence-electron chi connectivity index (χ2n) is 3.28. The normalized spacial score (nSPS) is 15.8. The van der Waals surface area contributed by atoms with E-state index in [1.807, 2.05) is 0 Å². The maximum atomic E-state index is 11.4. The van der Waals surface area contributed by atoms with Crippen molar-refractivity contribution in [1.29, 1.82) is 0 Å². The molecule has 0 radical (unpaired) electrons. The Morgan fingerprint density at radius 3 is 2.93 bits per heavy atom. The second kappa shape index (κ2) is 4.02. The molecule has 4 nitrogen and oxygen atoms in total. The minimum atomic E-state index is -0.349. The van der Waals surface area contributed by atoms with Crippen LogP contribution in [0.3, 0.4) is 0 Å². The number of ether oxygens (including phenoxy) is 1. The first-order valence-electron chi connectivity index (χ1n) is 4.71. The Hall–Kier alpha value is -1.36. The Balaban J connectivity index is 2.19. The predicted molar refractivity (Wildman–Crippen MR) is 57.2 cm³/mol. The minimum Gasteiger partial charge on any atom is -0.465 e. The number of hydrogen-bond donors (Lipinski definition) is 0. The number of methoxy groups -OCH3 is 1. The molecule has 1 amide bonds. The number of thiophene rings is 1. The Kier molecular flexibility index (Phi) is 2.73. The van der Waals surface area contributed by atoms with Gasteiger partial charge >= 0.3 is 5.97 Å². The molecule has 0 aliphatic carbocycles. The third-order valence-electron chi connectivity index (χ3n) is 2.32. The molecule has 1 aromatic heterocycles. The van der Waals surface area contributed by atoms with Crippen molar-refractivity contribution >= 4 is 28.2 Å². The summed E-state index contributed by atoms with van der Waals surface area (Å²) < 4.78 is 4.61. The average molecular weight is 225 g/mol. The molecule has 1 saturated heterocycles. The Morgan fingerprint density at radius 2 is 2.33 bits per heavy atom. The van der Waals surface area contributed by atoms with Gasteiger partial charge in [0.05, 0.1) is 12.1 Å².